The van der Waals surface area contributed by atoms with E-state index in [1.807, 2.05) is 26.0 Å². The Hall–Kier alpha value is -1.59. The number of benzene rings is 1. The first-order valence-electron chi connectivity index (χ1n) is 8.51. The first-order valence-corrected chi connectivity index (χ1v) is 8.51. The number of rotatable bonds is 6. The number of nitrogens with zero attached hydrogens (tertiary/aromatic N) is 1. The summed E-state index contributed by atoms with van der Waals surface area (Å²) in [6.07, 6.45) is 2.93. The Morgan fingerprint density at radius 2 is 1.88 bits per heavy atom. The van der Waals surface area contributed by atoms with Gasteiger partial charge in [0, 0.05) is 19.0 Å². The second-order valence-corrected chi connectivity index (χ2v) is 6.05. The maximum atomic E-state index is 12.6. The summed E-state index contributed by atoms with van der Waals surface area (Å²) in [5.41, 5.74) is 6.91. The molecule has 5 nitrogen and oxygen atoms in total. The van der Waals surface area contributed by atoms with E-state index in [1.54, 1.807) is 17.0 Å². The molecule has 3 N–H and O–H groups in total. The summed E-state index contributed by atoms with van der Waals surface area (Å²) in [5, 5.41) is 2.96. The monoisotopic (exact) mass is 353 g/mol. The molecule has 1 aliphatic carbocycles. The van der Waals surface area contributed by atoms with Crippen molar-refractivity contribution >= 4 is 29.9 Å². The molecule has 134 valence electrons. The average molecular weight is 354 g/mol. The van der Waals surface area contributed by atoms with E-state index in [1.165, 1.54) is 0 Å². The fourth-order valence-electron chi connectivity index (χ4n) is 3.35. The maximum Gasteiger partial charge on any atom is 0.255 e. The Bertz CT molecular complexity index is 561. The van der Waals surface area contributed by atoms with Crippen molar-refractivity contribution in [3.05, 3.63) is 29.8 Å². The van der Waals surface area contributed by atoms with Crippen LogP contribution in [0.4, 0.5) is 5.69 Å². The van der Waals surface area contributed by atoms with Gasteiger partial charge in [-0.2, -0.15) is 0 Å². The van der Waals surface area contributed by atoms with Crippen molar-refractivity contribution in [1.82, 2.24) is 4.90 Å². The van der Waals surface area contributed by atoms with Gasteiger partial charge in [-0.05, 0) is 51.3 Å². The Morgan fingerprint density at radius 1 is 1.21 bits per heavy atom. The first kappa shape index (κ1) is 20.5. The molecule has 0 unspecified atom stereocenters. The third-order valence-corrected chi connectivity index (χ3v) is 4.76. The number of carbonyl (C=O) groups is 2. The summed E-state index contributed by atoms with van der Waals surface area (Å²) in [5.74, 6) is 0.141. The summed E-state index contributed by atoms with van der Waals surface area (Å²) in [6.45, 7) is 5.74. The molecule has 24 heavy (non-hydrogen) atoms. The van der Waals surface area contributed by atoms with Crippen LogP contribution in [0.2, 0.25) is 0 Å². The fourth-order valence-corrected chi connectivity index (χ4v) is 3.35. The smallest absolute Gasteiger partial charge is 0.255 e. The van der Waals surface area contributed by atoms with Gasteiger partial charge in [0.2, 0.25) is 5.91 Å². The van der Waals surface area contributed by atoms with Crippen LogP contribution in [-0.4, -0.2) is 36.3 Å². The van der Waals surface area contributed by atoms with Crippen LogP contribution in [0.15, 0.2) is 24.3 Å². The summed E-state index contributed by atoms with van der Waals surface area (Å²) >= 11 is 0. The lowest BCUT2D eigenvalue weighted by molar-refractivity contribution is -0.120. The Balaban J connectivity index is 0.00000288. The minimum atomic E-state index is -0.0484. The van der Waals surface area contributed by atoms with E-state index in [0.29, 0.717) is 30.9 Å². The molecular formula is C18H28ClN3O2. The molecule has 0 heterocycles. The number of amides is 2. The van der Waals surface area contributed by atoms with Crippen LogP contribution < -0.4 is 11.1 Å². The molecule has 0 radical (unpaired) electrons. The highest BCUT2D eigenvalue weighted by molar-refractivity contribution is 6.04. The lowest BCUT2D eigenvalue weighted by atomic mass is 9.95. The standard InChI is InChI=1S/C18H27N3O2.ClH/c1-3-21(4-2)18(23)15-9-5-6-11-16(15)20-17(22)14-10-7-8-13(14)12-19;/h5-6,9,11,13-14H,3-4,7-8,10,12,19H2,1-2H3,(H,20,22);1H/t13-,14-;/m1./s1. The molecule has 0 spiro atoms. The largest absolute Gasteiger partial charge is 0.339 e. The topological polar surface area (TPSA) is 75.4 Å². The van der Waals surface area contributed by atoms with Gasteiger partial charge in [0.05, 0.1) is 11.3 Å². The zero-order valence-electron chi connectivity index (χ0n) is 14.5. The summed E-state index contributed by atoms with van der Waals surface area (Å²) in [4.78, 5) is 26.9. The van der Waals surface area contributed by atoms with Gasteiger partial charge in [0.1, 0.15) is 0 Å². The Morgan fingerprint density at radius 3 is 2.50 bits per heavy atom. The number of para-hydroxylation sites is 1. The number of nitrogens with one attached hydrogen (secondary N) is 1. The van der Waals surface area contributed by atoms with Gasteiger partial charge in [-0.15, -0.1) is 12.4 Å². The van der Waals surface area contributed by atoms with Crippen LogP contribution in [0, 0.1) is 11.8 Å². The second-order valence-electron chi connectivity index (χ2n) is 6.05. The van der Waals surface area contributed by atoms with Gasteiger partial charge in [0.15, 0.2) is 0 Å². The van der Waals surface area contributed by atoms with Crippen LogP contribution in [0.5, 0.6) is 0 Å². The van der Waals surface area contributed by atoms with Crippen LogP contribution in [0.3, 0.4) is 0 Å². The SMILES string of the molecule is CCN(CC)C(=O)c1ccccc1NC(=O)[C@@H]1CCC[C@@H]1CN.Cl. The molecule has 1 fully saturated rings. The lowest BCUT2D eigenvalue weighted by Gasteiger charge is -2.22. The number of anilines is 1. The van der Waals surface area contributed by atoms with Crippen LogP contribution in [0.1, 0.15) is 43.5 Å². The zero-order chi connectivity index (χ0) is 16.8. The Kier molecular flexibility index (Phi) is 8.22. The van der Waals surface area contributed by atoms with Crippen molar-refractivity contribution < 1.29 is 9.59 Å². The molecule has 2 amide bonds. The zero-order valence-corrected chi connectivity index (χ0v) is 15.3. The summed E-state index contributed by atoms with van der Waals surface area (Å²) in [7, 11) is 0. The van der Waals surface area contributed by atoms with Gasteiger partial charge in [0.25, 0.3) is 5.91 Å². The normalized spacial score (nSPS) is 19.5. The first-order chi connectivity index (χ1) is 11.1. The van der Waals surface area contributed by atoms with E-state index < -0.39 is 0 Å². The van der Waals surface area contributed by atoms with Crippen molar-refractivity contribution in [1.29, 1.82) is 0 Å². The predicted molar refractivity (Wildman–Crippen MR) is 99.5 cm³/mol. The van der Waals surface area contributed by atoms with E-state index >= 15 is 0 Å². The van der Waals surface area contributed by atoms with Gasteiger partial charge in [-0.25, -0.2) is 0 Å². The molecule has 6 heteroatoms. The highest BCUT2D eigenvalue weighted by Crippen LogP contribution is 2.32. The number of halogens is 1. The van der Waals surface area contributed by atoms with Crippen LogP contribution in [-0.2, 0) is 4.79 Å². The van der Waals surface area contributed by atoms with Crippen LogP contribution >= 0.6 is 12.4 Å². The van der Waals surface area contributed by atoms with E-state index in [-0.39, 0.29) is 36.1 Å². The highest BCUT2D eigenvalue weighted by atomic mass is 35.5. The van der Waals surface area contributed by atoms with E-state index in [0.717, 1.165) is 19.3 Å². The number of hydrogen-bond donors (Lipinski definition) is 2. The van der Waals surface area contributed by atoms with Gasteiger partial charge < -0.3 is 16.0 Å². The second kappa shape index (κ2) is 9.64. The molecular weight excluding hydrogens is 326 g/mol. The average Bonchev–Trinajstić information content (AvgIpc) is 3.05. The lowest BCUT2D eigenvalue weighted by Crippen LogP contribution is -2.33. The third kappa shape index (κ3) is 4.48. The van der Waals surface area contributed by atoms with Gasteiger partial charge >= 0.3 is 0 Å². The van der Waals surface area contributed by atoms with E-state index in [9.17, 15) is 9.59 Å². The number of carbonyl (C=O) groups excluding carboxylic acids is 2. The van der Waals surface area contributed by atoms with Crippen molar-refractivity contribution in [3.8, 4) is 0 Å². The molecule has 1 aliphatic rings. The Labute approximate surface area is 150 Å². The molecule has 1 aromatic carbocycles. The van der Waals surface area contributed by atoms with E-state index in [2.05, 4.69) is 5.32 Å². The van der Waals surface area contributed by atoms with Crippen LogP contribution in [0.25, 0.3) is 0 Å². The minimum Gasteiger partial charge on any atom is -0.339 e. The number of hydrogen-bond acceptors (Lipinski definition) is 3. The van der Waals surface area contributed by atoms with E-state index in [4.69, 9.17) is 5.73 Å². The van der Waals surface area contributed by atoms with Crippen molar-refractivity contribution in [3.63, 3.8) is 0 Å². The quantitative estimate of drug-likeness (QED) is 0.825. The molecule has 0 saturated heterocycles. The van der Waals surface area contributed by atoms with Crippen molar-refractivity contribution in [2.24, 2.45) is 17.6 Å². The van der Waals surface area contributed by atoms with Gasteiger partial charge in [-0.1, -0.05) is 18.6 Å². The molecule has 2 rings (SSSR count). The summed E-state index contributed by atoms with van der Waals surface area (Å²) < 4.78 is 0. The molecule has 0 aliphatic heterocycles. The molecule has 0 aromatic heterocycles. The number of nitrogens with two attached hydrogens (primary N) is 1. The highest BCUT2D eigenvalue weighted by Gasteiger charge is 2.32. The van der Waals surface area contributed by atoms with Gasteiger partial charge in [-0.3, -0.25) is 9.59 Å². The molecule has 1 saturated carbocycles. The fraction of sp³-hybridized carbons (Fsp3) is 0.556. The predicted octanol–water partition coefficient (Wildman–Crippen LogP) is 2.90. The van der Waals surface area contributed by atoms with Crippen molar-refractivity contribution in [2.75, 3.05) is 25.0 Å². The molecule has 2 atom stereocenters. The summed E-state index contributed by atoms with van der Waals surface area (Å²) in [6, 6.07) is 7.22. The molecule has 0 bridgehead atoms. The van der Waals surface area contributed by atoms with Crippen molar-refractivity contribution in [2.45, 2.75) is 33.1 Å². The third-order valence-electron chi connectivity index (χ3n) is 4.76. The maximum absolute atomic E-state index is 12.6. The minimum absolute atomic E-state index is 0. The molecule has 1 aromatic rings.